The molecule has 1 N–H and O–H groups in total. The molecule has 0 amide bonds. The average Bonchev–Trinajstić information content (AvgIpc) is 2.91. The minimum absolute atomic E-state index is 0.0684. The first kappa shape index (κ1) is 15.5. The number of halogens is 1. The van der Waals surface area contributed by atoms with Gasteiger partial charge in [-0.3, -0.25) is 9.69 Å². The van der Waals surface area contributed by atoms with Gasteiger partial charge in [-0.2, -0.15) is 0 Å². The highest BCUT2D eigenvalue weighted by Crippen LogP contribution is 2.30. The predicted octanol–water partition coefficient (Wildman–Crippen LogP) is 2.93. The predicted molar refractivity (Wildman–Crippen MR) is 80.7 cm³/mol. The smallest absolute Gasteiger partial charge is 0.310 e. The number of aliphatic carboxylic acids is 1. The lowest BCUT2D eigenvalue weighted by atomic mass is 9.97. The first-order valence-electron chi connectivity index (χ1n) is 6.82. The van der Waals surface area contributed by atoms with Crippen molar-refractivity contribution in [3.05, 3.63) is 34.3 Å². The van der Waals surface area contributed by atoms with Crippen LogP contribution in [0.5, 0.6) is 0 Å². The van der Waals surface area contributed by atoms with Crippen molar-refractivity contribution in [3.8, 4) is 0 Å². The van der Waals surface area contributed by atoms with Gasteiger partial charge < -0.3 is 9.84 Å². The molecule has 0 aliphatic carbocycles. The van der Waals surface area contributed by atoms with Crippen LogP contribution >= 0.6 is 15.9 Å². The molecule has 20 heavy (non-hydrogen) atoms. The summed E-state index contributed by atoms with van der Waals surface area (Å²) in [5.74, 6) is -1.21. The number of likely N-dealkylation sites (N-methyl/N-ethyl adjacent to an activating group) is 1. The van der Waals surface area contributed by atoms with Crippen LogP contribution in [-0.2, 0) is 9.53 Å². The molecule has 0 radical (unpaired) electrons. The van der Waals surface area contributed by atoms with Gasteiger partial charge in [0.25, 0.3) is 0 Å². The number of ether oxygens (including phenoxy) is 1. The van der Waals surface area contributed by atoms with E-state index in [1.54, 1.807) is 0 Å². The Hall–Kier alpha value is -0.910. The maximum absolute atomic E-state index is 11.3. The van der Waals surface area contributed by atoms with Gasteiger partial charge in [0, 0.05) is 16.6 Å². The molecule has 1 heterocycles. The van der Waals surface area contributed by atoms with Crippen LogP contribution in [0.4, 0.5) is 0 Å². The van der Waals surface area contributed by atoms with Crippen molar-refractivity contribution in [1.29, 1.82) is 0 Å². The zero-order valence-corrected chi connectivity index (χ0v) is 13.3. The van der Waals surface area contributed by atoms with Crippen LogP contribution in [-0.4, -0.2) is 42.3 Å². The van der Waals surface area contributed by atoms with Gasteiger partial charge in [0.1, 0.15) is 0 Å². The second-order valence-electron chi connectivity index (χ2n) is 5.19. The standard InChI is InChI=1S/C15H20BrNO3/c1-3-13(10-4-6-11(16)7-5-10)17(2)14-9-20-8-12(14)15(18)19/h4-7,12-14H,3,8-9H2,1-2H3,(H,18,19). The summed E-state index contributed by atoms with van der Waals surface area (Å²) in [4.78, 5) is 13.4. The van der Waals surface area contributed by atoms with Crippen molar-refractivity contribution in [2.45, 2.75) is 25.4 Å². The Morgan fingerprint density at radius 2 is 2.10 bits per heavy atom. The fourth-order valence-electron chi connectivity index (χ4n) is 2.86. The van der Waals surface area contributed by atoms with Gasteiger partial charge in [0.05, 0.1) is 19.1 Å². The maximum Gasteiger partial charge on any atom is 0.310 e. The molecule has 3 atom stereocenters. The summed E-state index contributed by atoms with van der Waals surface area (Å²) in [6.07, 6.45) is 0.932. The normalized spacial score (nSPS) is 24.0. The van der Waals surface area contributed by atoms with Crippen molar-refractivity contribution in [2.24, 2.45) is 5.92 Å². The number of hydrogen-bond acceptors (Lipinski definition) is 3. The van der Waals surface area contributed by atoms with Crippen LogP contribution < -0.4 is 0 Å². The second kappa shape index (κ2) is 6.70. The first-order chi connectivity index (χ1) is 9.54. The lowest BCUT2D eigenvalue weighted by molar-refractivity contribution is -0.143. The lowest BCUT2D eigenvalue weighted by Crippen LogP contribution is -2.42. The Morgan fingerprint density at radius 3 is 2.65 bits per heavy atom. The van der Waals surface area contributed by atoms with Gasteiger partial charge in [-0.15, -0.1) is 0 Å². The van der Waals surface area contributed by atoms with Crippen molar-refractivity contribution in [2.75, 3.05) is 20.3 Å². The summed E-state index contributed by atoms with van der Waals surface area (Å²) in [7, 11) is 1.99. The highest BCUT2D eigenvalue weighted by molar-refractivity contribution is 9.10. The van der Waals surface area contributed by atoms with E-state index in [4.69, 9.17) is 4.74 Å². The largest absolute Gasteiger partial charge is 0.481 e. The monoisotopic (exact) mass is 341 g/mol. The minimum atomic E-state index is -0.773. The number of hydrogen-bond donors (Lipinski definition) is 1. The molecule has 1 aliphatic rings. The maximum atomic E-state index is 11.3. The summed E-state index contributed by atoms with van der Waals surface area (Å²) >= 11 is 3.44. The molecule has 0 bridgehead atoms. The van der Waals surface area contributed by atoms with Crippen LogP contribution in [0.2, 0.25) is 0 Å². The van der Waals surface area contributed by atoms with Crippen LogP contribution in [0.3, 0.4) is 0 Å². The fourth-order valence-corrected chi connectivity index (χ4v) is 3.12. The number of carboxylic acids is 1. The van der Waals surface area contributed by atoms with Gasteiger partial charge in [0.2, 0.25) is 0 Å². The summed E-state index contributed by atoms with van der Waals surface area (Å²) < 4.78 is 6.42. The molecule has 1 aliphatic heterocycles. The van der Waals surface area contributed by atoms with E-state index >= 15 is 0 Å². The SMILES string of the molecule is CCC(c1ccc(Br)cc1)N(C)C1COCC1C(=O)O. The number of carbonyl (C=O) groups is 1. The summed E-state index contributed by atoms with van der Waals surface area (Å²) in [6.45, 7) is 2.91. The van der Waals surface area contributed by atoms with E-state index in [0.29, 0.717) is 13.2 Å². The first-order valence-corrected chi connectivity index (χ1v) is 7.61. The van der Waals surface area contributed by atoms with Gasteiger partial charge in [-0.25, -0.2) is 0 Å². The van der Waals surface area contributed by atoms with Crippen molar-refractivity contribution < 1.29 is 14.6 Å². The lowest BCUT2D eigenvalue weighted by Gasteiger charge is -2.34. The molecule has 1 aromatic rings. The van der Waals surface area contributed by atoms with Crippen LogP contribution in [0, 0.1) is 5.92 Å². The van der Waals surface area contributed by atoms with Crippen molar-refractivity contribution in [3.63, 3.8) is 0 Å². The van der Waals surface area contributed by atoms with Crippen molar-refractivity contribution >= 4 is 21.9 Å². The summed E-state index contributed by atoms with van der Waals surface area (Å²) in [5.41, 5.74) is 1.20. The third-order valence-electron chi connectivity index (χ3n) is 4.02. The molecule has 2 rings (SSSR count). The number of carboxylic acid groups (broad SMARTS) is 1. The van der Waals surface area contributed by atoms with Crippen LogP contribution in [0.1, 0.15) is 24.9 Å². The molecular formula is C15H20BrNO3. The van der Waals surface area contributed by atoms with E-state index in [2.05, 4.69) is 39.9 Å². The number of benzene rings is 1. The van der Waals surface area contributed by atoms with E-state index in [1.807, 2.05) is 19.2 Å². The molecule has 1 fully saturated rings. The molecule has 0 spiro atoms. The van der Waals surface area contributed by atoms with E-state index in [1.165, 1.54) is 5.56 Å². The van der Waals surface area contributed by atoms with E-state index < -0.39 is 11.9 Å². The highest BCUT2D eigenvalue weighted by atomic mass is 79.9. The Labute approximate surface area is 127 Å². The molecule has 0 aromatic heterocycles. The van der Waals surface area contributed by atoms with Gasteiger partial charge >= 0.3 is 5.97 Å². The van der Waals surface area contributed by atoms with Gasteiger partial charge in [-0.1, -0.05) is 35.0 Å². The molecular weight excluding hydrogens is 322 g/mol. The molecule has 5 heteroatoms. The molecule has 1 aromatic carbocycles. The Balaban J connectivity index is 2.18. The molecule has 1 saturated heterocycles. The van der Waals surface area contributed by atoms with E-state index in [9.17, 15) is 9.90 Å². The van der Waals surface area contributed by atoms with E-state index in [-0.39, 0.29) is 12.1 Å². The van der Waals surface area contributed by atoms with Crippen LogP contribution in [0.15, 0.2) is 28.7 Å². The third-order valence-corrected chi connectivity index (χ3v) is 4.55. The molecule has 0 saturated carbocycles. The molecule has 3 unspecified atom stereocenters. The second-order valence-corrected chi connectivity index (χ2v) is 6.11. The van der Waals surface area contributed by atoms with Gasteiger partial charge in [-0.05, 0) is 31.2 Å². The topological polar surface area (TPSA) is 49.8 Å². The molecule has 110 valence electrons. The highest BCUT2D eigenvalue weighted by Gasteiger charge is 2.38. The van der Waals surface area contributed by atoms with E-state index in [0.717, 1.165) is 10.9 Å². The Kier molecular flexibility index (Phi) is 5.18. The van der Waals surface area contributed by atoms with Gasteiger partial charge in [0.15, 0.2) is 0 Å². The fraction of sp³-hybridized carbons (Fsp3) is 0.533. The Morgan fingerprint density at radius 1 is 1.45 bits per heavy atom. The zero-order valence-electron chi connectivity index (χ0n) is 11.8. The van der Waals surface area contributed by atoms with Crippen LogP contribution in [0.25, 0.3) is 0 Å². The minimum Gasteiger partial charge on any atom is -0.481 e. The Bertz CT molecular complexity index is 463. The zero-order chi connectivity index (χ0) is 14.7. The number of rotatable bonds is 5. The third kappa shape index (κ3) is 3.22. The molecule has 4 nitrogen and oxygen atoms in total. The quantitative estimate of drug-likeness (QED) is 0.894. The van der Waals surface area contributed by atoms with Crippen molar-refractivity contribution in [1.82, 2.24) is 4.90 Å². The summed E-state index contributed by atoms with van der Waals surface area (Å²) in [5, 5.41) is 9.28. The number of nitrogens with zero attached hydrogens (tertiary/aromatic N) is 1. The summed E-state index contributed by atoms with van der Waals surface area (Å²) in [6, 6.07) is 8.34. The average molecular weight is 342 g/mol.